The van der Waals surface area contributed by atoms with E-state index in [-0.39, 0.29) is 37.5 Å². The third-order valence-corrected chi connectivity index (χ3v) is 11.4. The smallest absolute Gasteiger partial charge is 0.306 e. The third kappa shape index (κ3) is 59.3. The van der Waals surface area contributed by atoms with E-state index in [0.717, 1.165) is 167 Å². The molecule has 0 aromatic rings. The van der Waals surface area contributed by atoms with Crippen LogP contribution in [0, 0.1) is 0 Å². The molecule has 0 aromatic heterocycles. The van der Waals surface area contributed by atoms with Crippen LogP contribution in [0.15, 0.2) is 182 Å². The summed E-state index contributed by atoms with van der Waals surface area (Å²) in [6.07, 6.45) is 92.2. The average molecular weight is 1030 g/mol. The van der Waals surface area contributed by atoms with Crippen molar-refractivity contribution in [2.24, 2.45) is 0 Å². The predicted octanol–water partition coefficient (Wildman–Crippen LogP) is 20.1. The number of ether oxygens (including phenoxy) is 3. The molecular formula is C69H104O6. The Balaban J connectivity index is 4.29. The molecule has 0 heterocycles. The van der Waals surface area contributed by atoms with Crippen molar-refractivity contribution in [2.75, 3.05) is 13.2 Å². The number of esters is 3. The normalized spacial score (nSPS) is 13.5. The zero-order valence-electron chi connectivity index (χ0n) is 47.5. The molecule has 75 heavy (non-hydrogen) atoms. The molecule has 1 atom stereocenters. The first kappa shape index (κ1) is 69.5. The minimum Gasteiger partial charge on any atom is -0.462 e. The SMILES string of the molecule is CC/C=C\C/C=C\C/C=C\C/C=C\C/C=C\C/C=C\C/C=C\C/C=C\C/C=C\CCCCCC(=O)OCC(COC(=O)CCCCCCC)OC(=O)CCCC/C=C\C/C=C\C/C=C\C/C=C\C/C=C\C/C=C\CC. The standard InChI is InChI=1S/C69H104O6/c1-4-7-10-13-15-17-19-21-23-25-27-29-30-31-32-33-34-35-36-37-38-40-41-43-45-47-49-51-53-56-59-62-68(71)74-65-66(64-73-67(70)61-58-55-12-9-6-3)75-69(72)63-60-57-54-52-50-48-46-44-42-39-28-26-24-22-20-18-16-14-11-8-5-2/h7-8,10-11,15-18,21-24,27-29,31-32,34-35,37-39,41,43-44,46-47,49-50,52,66H,4-6,9,12-14,19-20,25-26,30,33,36,40,42,45,48,51,53-65H2,1-3H3/b10-7-,11-8-,17-15-,18-16-,23-21-,24-22-,29-27-,32-31-,35-34-,38-37-,39-28-,43-41-,46-44-,49-47-,52-50-. The highest BCUT2D eigenvalue weighted by Gasteiger charge is 2.19. The van der Waals surface area contributed by atoms with E-state index in [4.69, 9.17) is 14.2 Å². The molecule has 416 valence electrons. The number of hydrogen-bond acceptors (Lipinski definition) is 6. The summed E-state index contributed by atoms with van der Waals surface area (Å²) in [5.74, 6) is -1.02. The highest BCUT2D eigenvalue weighted by atomic mass is 16.6. The first-order chi connectivity index (χ1) is 37.0. The molecule has 0 rings (SSSR count). The molecule has 0 spiro atoms. The van der Waals surface area contributed by atoms with Crippen molar-refractivity contribution < 1.29 is 28.6 Å². The van der Waals surface area contributed by atoms with Gasteiger partial charge in [-0.15, -0.1) is 0 Å². The fourth-order valence-corrected chi connectivity index (χ4v) is 7.08. The van der Waals surface area contributed by atoms with E-state index in [1.54, 1.807) is 0 Å². The molecule has 0 radical (unpaired) electrons. The third-order valence-electron chi connectivity index (χ3n) is 11.4. The van der Waals surface area contributed by atoms with Crippen molar-refractivity contribution in [3.05, 3.63) is 182 Å². The maximum Gasteiger partial charge on any atom is 0.306 e. The monoisotopic (exact) mass is 1030 g/mol. The van der Waals surface area contributed by atoms with Crippen LogP contribution in [0.3, 0.4) is 0 Å². The molecule has 0 aliphatic heterocycles. The Labute approximate surface area is 459 Å². The van der Waals surface area contributed by atoms with E-state index in [9.17, 15) is 14.4 Å². The number of carbonyl (C=O) groups excluding carboxylic acids is 3. The van der Waals surface area contributed by atoms with Crippen LogP contribution in [0.1, 0.15) is 213 Å². The van der Waals surface area contributed by atoms with Crippen LogP contribution in [0.2, 0.25) is 0 Å². The summed E-state index contributed by atoms with van der Waals surface area (Å²) in [5.41, 5.74) is 0. The van der Waals surface area contributed by atoms with Gasteiger partial charge in [0, 0.05) is 19.3 Å². The van der Waals surface area contributed by atoms with Gasteiger partial charge in [0.15, 0.2) is 6.10 Å². The van der Waals surface area contributed by atoms with Crippen LogP contribution < -0.4 is 0 Å². The fourth-order valence-electron chi connectivity index (χ4n) is 7.08. The van der Waals surface area contributed by atoms with Gasteiger partial charge >= 0.3 is 17.9 Å². The largest absolute Gasteiger partial charge is 0.462 e. The lowest BCUT2D eigenvalue weighted by Crippen LogP contribution is -2.30. The number of carbonyl (C=O) groups is 3. The lowest BCUT2D eigenvalue weighted by Gasteiger charge is -2.18. The molecule has 0 saturated carbocycles. The number of allylic oxidation sites excluding steroid dienone is 30. The number of unbranched alkanes of at least 4 members (excludes halogenated alkanes) is 9. The van der Waals surface area contributed by atoms with Gasteiger partial charge < -0.3 is 14.2 Å². The Morgan fingerprint density at radius 3 is 0.827 bits per heavy atom. The highest BCUT2D eigenvalue weighted by molar-refractivity contribution is 5.71. The molecule has 0 aromatic carbocycles. The van der Waals surface area contributed by atoms with Gasteiger partial charge in [-0.1, -0.05) is 235 Å². The molecule has 0 N–H and O–H groups in total. The Bertz CT molecular complexity index is 1800. The summed E-state index contributed by atoms with van der Waals surface area (Å²) < 4.78 is 16.6. The second-order valence-corrected chi connectivity index (χ2v) is 18.4. The summed E-state index contributed by atoms with van der Waals surface area (Å²) in [4.78, 5) is 37.8. The van der Waals surface area contributed by atoms with E-state index in [0.29, 0.717) is 19.3 Å². The van der Waals surface area contributed by atoms with Crippen LogP contribution in [0.5, 0.6) is 0 Å². The Hall–Kier alpha value is -5.49. The van der Waals surface area contributed by atoms with E-state index in [1.165, 1.54) is 0 Å². The van der Waals surface area contributed by atoms with Gasteiger partial charge in [-0.2, -0.15) is 0 Å². The quantitative estimate of drug-likeness (QED) is 0.0261. The summed E-state index contributed by atoms with van der Waals surface area (Å²) in [5, 5.41) is 0. The van der Waals surface area contributed by atoms with Gasteiger partial charge in [-0.3, -0.25) is 14.4 Å². The Morgan fingerprint density at radius 2 is 0.520 bits per heavy atom. The summed E-state index contributed by atoms with van der Waals surface area (Å²) in [6.45, 7) is 6.23. The van der Waals surface area contributed by atoms with Crippen LogP contribution in [-0.4, -0.2) is 37.2 Å². The van der Waals surface area contributed by atoms with Crippen molar-refractivity contribution in [2.45, 2.75) is 219 Å². The predicted molar refractivity (Wildman–Crippen MR) is 324 cm³/mol. The van der Waals surface area contributed by atoms with E-state index in [2.05, 4.69) is 203 Å². The Morgan fingerprint density at radius 1 is 0.280 bits per heavy atom. The molecule has 0 bridgehead atoms. The zero-order valence-corrected chi connectivity index (χ0v) is 47.5. The summed E-state index contributed by atoms with van der Waals surface area (Å²) in [6, 6.07) is 0. The average Bonchev–Trinajstić information content (AvgIpc) is 3.41. The maximum atomic E-state index is 12.8. The molecule has 1 unspecified atom stereocenters. The van der Waals surface area contributed by atoms with E-state index < -0.39 is 6.10 Å². The van der Waals surface area contributed by atoms with Crippen molar-refractivity contribution in [1.29, 1.82) is 0 Å². The van der Waals surface area contributed by atoms with Gasteiger partial charge in [-0.25, -0.2) is 0 Å². The van der Waals surface area contributed by atoms with Gasteiger partial charge in [0.25, 0.3) is 0 Å². The lowest BCUT2D eigenvalue weighted by atomic mass is 10.1. The van der Waals surface area contributed by atoms with Crippen LogP contribution in [0.4, 0.5) is 0 Å². The molecule has 0 aliphatic carbocycles. The molecule has 6 heteroatoms. The molecule has 0 fully saturated rings. The van der Waals surface area contributed by atoms with Crippen molar-refractivity contribution in [3.8, 4) is 0 Å². The fraction of sp³-hybridized carbons (Fsp3) is 0.522. The minimum atomic E-state index is -0.822. The van der Waals surface area contributed by atoms with E-state index >= 15 is 0 Å². The van der Waals surface area contributed by atoms with Gasteiger partial charge in [0.1, 0.15) is 13.2 Å². The first-order valence-electron chi connectivity index (χ1n) is 29.3. The summed E-state index contributed by atoms with van der Waals surface area (Å²) >= 11 is 0. The molecule has 6 nitrogen and oxygen atoms in total. The first-order valence-corrected chi connectivity index (χ1v) is 29.3. The molecular weight excluding hydrogens is 925 g/mol. The van der Waals surface area contributed by atoms with Gasteiger partial charge in [0.05, 0.1) is 0 Å². The minimum absolute atomic E-state index is 0.116. The van der Waals surface area contributed by atoms with E-state index in [1.807, 2.05) is 0 Å². The number of rotatable bonds is 50. The van der Waals surface area contributed by atoms with Crippen LogP contribution in [-0.2, 0) is 28.6 Å². The zero-order chi connectivity index (χ0) is 54.3. The molecule has 0 amide bonds. The molecule has 0 aliphatic rings. The van der Waals surface area contributed by atoms with Crippen molar-refractivity contribution >= 4 is 17.9 Å². The summed E-state index contributed by atoms with van der Waals surface area (Å²) in [7, 11) is 0. The highest BCUT2D eigenvalue weighted by Crippen LogP contribution is 2.11. The van der Waals surface area contributed by atoms with Gasteiger partial charge in [-0.05, 0) is 141 Å². The molecule has 0 saturated heterocycles. The second kappa shape index (κ2) is 61.1. The van der Waals surface area contributed by atoms with Crippen LogP contribution >= 0.6 is 0 Å². The van der Waals surface area contributed by atoms with Gasteiger partial charge in [0.2, 0.25) is 0 Å². The van der Waals surface area contributed by atoms with Crippen molar-refractivity contribution in [1.82, 2.24) is 0 Å². The number of hydrogen-bond donors (Lipinski definition) is 0. The topological polar surface area (TPSA) is 78.9 Å². The maximum absolute atomic E-state index is 12.8. The van der Waals surface area contributed by atoms with Crippen molar-refractivity contribution in [3.63, 3.8) is 0 Å². The second-order valence-electron chi connectivity index (χ2n) is 18.4. The van der Waals surface area contributed by atoms with Crippen LogP contribution in [0.25, 0.3) is 0 Å². The lowest BCUT2D eigenvalue weighted by molar-refractivity contribution is -0.167. The Kier molecular flexibility index (Phi) is 56.6.